The Bertz CT molecular complexity index is 421. The van der Waals surface area contributed by atoms with Gasteiger partial charge in [-0.3, -0.25) is 0 Å². The van der Waals surface area contributed by atoms with Crippen molar-refractivity contribution in [2.75, 3.05) is 11.9 Å². The first-order valence-corrected chi connectivity index (χ1v) is 5.64. The molecule has 0 radical (unpaired) electrons. The quantitative estimate of drug-likeness (QED) is 0.714. The van der Waals surface area contributed by atoms with Crippen molar-refractivity contribution >= 4 is 5.69 Å². The van der Waals surface area contributed by atoms with Gasteiger partial charge in [-0.15, -0.1) is 0 Å². The van der Waals surface area contributed by atoms with E-state index in [-0.39, 0.29) is 12.0 Å². The van der Waals surface area contributed by atoms with Gasteiger partial charge in [-0.2, -0.15) is 0 Å². The Labute approximate surface area is 95.5 Å². The lowest BCUT2D eigenvalue weighted by atomic mass is 9.81. The van der Waals surface area contributed by atoms with E-state index < -0.39 is 6.10 Å². The second-order valence-electron chi connectivity index (χ2n) is 4.45. The molecule has 0 aromatic heterocycles. The summed E-state index contributed by atoms with van der Waals surface area (Å²) in [5.74, 6) is 0.171. The minimum atomic E-state index is -0.390. The fourth-order valence-electron chi connectivity index (χ4n) is 2.72. The lowest BCUT2D eigenvalue weighted by molar-refractivity contribution is 0.117. The van der Waals surface area contributed by atoms with E-state index in [1.807, 2.05) is 24.3 Å². The van der Waals surface area contributed by atoms with Gasteiger partial charge in [-0.1, -0.05) is 42.5 Å². The fourth-order valence-corrected chi connectivity index (χ4v) is 2.72. The van der Waals surface area contributed by atoms with Crippen molar-refractivity contribution in [3.05, 3.63) is 54.1 Å². The summed E-state index contributed by atoms with van der Waals surface area (Å²) >= 11 is 0. The number of allylic oxidation sites excluding steroid dienone is 2. The molecule has 0 saturated heterocycles. The number of benzene rings is 1. The van der Waals surface area contributed by atoms with Crippen LogP contribution in [-0.2, 0) is 0 Å². The van der Waals surface area contributed by atoms with Gasteiger partial charge in [-0.05, 0) is 6.07 Å². The van der Waals surface area contributed by atoms with Gasteiger partial charge in [0.15, 0.2) is 0 Å². The Morgan fingerprint density at radius 3 is 2.75 bits per heavy atom. The molecule has 1 aromatic rings. The van der Waals surface area contributed by atoms with Gasteiger partial charge in [0.25, 0.3) is 0 Å². The van der Waals surface area contributed by atoms with Crippen LogP contribution in [0.15, 0.2) is 48.6 Å². The van der Waals surface area contributed by atoms with Gasteiger partial charge >= 0.3 is 0 Å². The molecule has 0 bridgehead atoms. The van der Waals surface area contributed by atoms with Crippen LogP contribution in [0.1, 0.15) is 11.7 Å². The first-order chi connectivity index (χ1) is 7.79. The number of para-hydroxylation sites is 1. The second-order valence-corrected chi connectivity index (χ2v) is 4.45. The molecule has 3 unspecified atom stereocenters. The van der Waals surface area contributed by atoms with Gasteiger partial charge in [0, 0.05) is 24.2 Å². The maximum absolute atomic E-state index is 10.4. The van der Waals surface area contributed by atoms with Crippen molar-refractivity contribution in [2.45, 2.75) is 12.1 Å². The van der Waals surface area contributed by atoms with Gasteiger partial charge in [-0.25, -0.2) is 0 Å². The third-order valence-corrected chi connectivity index (χ3v) is 3.59. The molecule has 2 heteroatoms. The Morgan fingerprint density at radius 1 is 1.12 bits per heavy atom. The zero-order chi connectivity index (χ0) is 11.1. The van der Waals surface area contributed by atoms with Crippen LogP contribution in [0.3, 0.4) is 0 Å². The molecule has 2 nitrogen and oxygen atoms in total. The van der Waals surface area contributed by atoms with Crippen LogP contribution < -0.4 is 4.90 Å². The van der Waals surface area contributed by atoms with Gasteiger partial charge in [0.2, 0.25) is 0 Å². The minimum Gasteiger partial charge on any atom is -0.388 e. The van der Waals surface area contributed by atoms with Crippen molar-refractivity contribution in [3.8, 4) is 0 Å². The first kappa shape index (κ1) is 9.67. The molecule has 16 heavy (non-hydrogen) atoms. The summed E-state index contributed by atoms with van der Waals surface area (Å²) in [4.78, 5) is 2.24. The van der Waals surface area contributed by atoms with Crippen LogP contribution in [0.4, 0.5) is 5.69 Å². The topological polar surface area (TPSA) is 23.5 Å². The van der Waals surface area contributed by atoms with Crippen molar-refractivity contribution in [1.82, 2.24) is 0 Å². The molecule has 1 aliphatic carbocycles. The normalized spacial score (nSPS) is 31.1. The van der Waals surface area contributed by atoms with Crippen LogP contribution in [0.5, 0.6) is 0 Å². The van der Waals surface area contributed by atoms with Crippen molar-refractivity contribution < 1.29 is 5.11 Å². The van der Waals surface area contributed by atoms with Crippen LogP contribution >= 0.6 is 0 Å². The lowest BCUT2D eigenvalue weighted by Crippen LogP contribution is -2.43. The fraction of sp³-hybridized carbons (Fsp3) is 0.286. The van der Waals surface area contributed by atoms with Crippen LogP contribution in [0.2, 0.25) is 0 Å². The molecule has 3 rings (SSSR count). The molecule has 0 amide bonds. The maximum Gasteiger partial charge on any atom is 0.0895 e. The number of nitrogens with zero attached hydrogens (tertiary/aromatic N) is 1. The number of anilines is 1. The maximum atomic E-state index is 10.4. The highest BCUT2D eigenvalue weighted by atomic mass is 16.3. The number of hydrogen-bond donors (Lipinski definition) is 1. The summed E-state index contributed by atoms with van der Waals surface area (Å²) < 4.78 is 0. The average molecular weight is 213 g/mol. The number of aliphatic hydroxyl groups is 1. The molecule has 0 fully saturated rings. The summed E-state index contributed by atoms with van der Waals surface area (Å²) in [7, 11) is 2.09. The number of hydrogen-bond acceptors (Lipinski definition) is 2. The molecule has 1 N–H and O–H groups in total. The number of fused-ring (bicyclic) bond motifs is 2. The molecule has 1 aromatic carbocycles. The second kappa shape index (κ2) is 3.49. The zero-order valence-electron chi connectivity index (χ0n) is 9.25. The molecule has 1 heterocycles. The van der Waals surface area contributed by atoms with E-state index in [0.717, 1.165) is 11.3 Å². The van der Waals surface area contributed by atoms with Crippen molar-refractivity contribution in [1.29, 1.82) is 0 Å². The van der Waals surface area contributed by atoms with Crippen molar-refractivity contribution in [2.24, 2.45) is 5.92 Å². The molecular weight excluding hydrogens is 198 g/mol. The summed E-state index contributed by atoms with van der Waals surface area (Å²) in [5.41, 5.74) is 2.17. The van der Waals surface area contributed by atoms with E-state index in [0.29, 0.717) is 0 Å². The largest absolute Gasteiger partial charge is 0.388 e. The van der Waals surface area contributed by atoms with E-state index in [1.54, 1.807) is 0 Å². The molecule has 0 saturated carbocycles. The predicted octanol–water partition coefficient (Wildman–Crippen LogP) is 2.28. The van der Waals surface area contributed by atoms with Gasteiger partial charge < -0.3 is 10.0 Å². The van der Waals surface area contributed by atoms with Crippen LogP contribution in [0, 0.1) is 5.92 Å². The summed E-state index contributed by atoms with van der Waals surface area (Å²) in [6.45, 7) is 0. The Kier molecular flexibility index (Phi) is 2.11. The third-order valence-electron chi connectivity index (χ3n) is 3.59. The van der Waals surface area contributed by atoms with E-state index in [1.165, 1.54) is 0 Å². The monoisotopic (exact) mass is 213 g/mol. The lowest BCUT2D eigenvalue weighted by Gasteiger charge is -2.42. The highest BCUT2D eigenvalue weighted by molar-refractivity contribution is 5.59. The Hall–Kier alpha value is -1.54. The predicted molar refractivity (Wildman–Crippen MR) is 65.4 cm³/mol. The van der Waals surface area contributed by atoms with Crippen LogP contribution in [0.25, 0.3) is 0 Å². The van der Waals surface area contributed by atoms with Gasteiger partial charge in [0.05, 0.1) is 12.1 Å². The number of likely N-dealkylation sites (N-methyl/N-ethyl adjacent to an activating group) is 1. The molecule has 2 aliphatic rings. The summed E-state index contributed by atoms with van der Waals surface area (Å²) in [6, 6.07) is 8.36. The molecular formula is C14H15NO. The molecule has 1 aliphatic heterocycles. The van der Waals surface area contributed by atoms with Crippen molar-refractivity contribution in [3.63, 3.8) is 0 Å². The van der Waals surface area contributed by atoms with Gasteiger partial charge in [0.1, 0.15) is 0 Å². The smallest absolute Gasteiger partial charge is 0.0895 e. The summed E-state index contributed by atoms with van der Waals surface area (Å²) in [5, 5.41) is 10.4. The number of rotatable bonds is 0. The highest BCUT2D eigenvalue weighted by Gasteiger charge is 2.36. The molecule has 3 atom stereocenters. The molecule has 0 spiro atoms. The van der Waals surface area contributed by atoms with E-state index in [2.05, 4.69) is 36.2 Å². The number of aliphatic hydroxyl groups excluding tert-OH is 1. The first-order valence-electron chi connectivity index (χ1n) is 5.64. The Morgan fingerprint density at radius 2 is 1.88 bits per heavy atom. The highest BCUT2D eigenvalue weighted by Crippen LogP contribution is 2.41. The van der Waals surface area contributed by atoms with E-state index in [9.17, 15) is 5.11 Å². The average Bonchev–Trinajstić information content (AvgIpc) is 2.36. The SMILES string of the molecule is CN1c2ccccc2C(O)C2C=CC=CC21. The van der Waals surface area contributed by atoms with E-state index in [4.69, 9.17) is 0 Å². The van der Waals surface area contributed by atoms with E-state index >= 15 is 0 Å². The van der Waals surface area contributed by atoms with Crippen LogP contribution in [-0.4, -0.2) is 18.2 Å². The standard InChI is InChI=1S/C14H15NO/c1-15-12-8-4-2-6-10(12)14(16)11-7-3-5-9-13(11)15/h2-10,12,14,16H,1H3. The zero-order valence-corrected chi connectivity index (χ0v) is 9.25. The minimum absolute atomic E-state index is 0.171. The Balaban J connectivity index is 2.13. The summed E-state index contributed by atoms with van der Waals surface area (Å²) in [6.07, 6.45) is 7.94. The third kappa shape index (κ3) is 1.23. The molecule has 82 valence electrons.